The van der Waals surface area contributed by atoms with E-state index >= 15 is 0 Å². The number of nitrogens with zero attached hydrogens (tertiary/aromatic N) is 2. The van der Waals surface area contributed by atoms with Crippen molar-refractivity contribution in [2.45, 2.75) is 0 Å². The van der Waals surface area contributed by atoms with E-state index in [2.05, 4.69) is 4.98 Å². The van der Waals surface area contributed by atoms with Crippen molar-refractivity contribution in [1.29, 1.82) is 5.26 Å². The lowest BCUT2D eigenvalue weighted by molar-refractivity contribution is 1.32. The molecule has 0 N–H and O–H groups in total. The van der Waals surface area contributed by atoms with Crippen LogP contribution in [0.5, 0.6) is 0 Å². The quantitative estimate of drug-likeness (QED) is 0.707. The number of nitriles is 1. The van der Waals surface area contributed by atoms with Crippen LogP contribution in [-0.4, -0.2) is 4.98 Å². The molecule has 0 saturated carbocycles. The Bertz CT molecular complexity index is 536. The Hall–Kier alpha value is -2.40. The molecule has 0 amide bonds. The largest absolute Gasteiger partial charge is 0.264 e. The number of allylic oxidation sites excluding steroid dienone is 1. The maximum absolute atomic E-state index is 8.54. The second-order valence-corrected chi connectivity index (χ2v) is 3.29. The minimum atomic E-state index is 1.00. The first-order valence-corrected chi connectivity index (χ1v) is 4.97. The molecule has 1 heterocycles. The molecule has 0 spiro atoms. The van der Waals surface area contributed by atoms with Gasteiger partial charge in [-0.2, -0.15) is 5.26 Å². The lowest BCUT2D eigenvalue weighted by Crippen LogP contribution is -1.84. The van der Waals surface area contributed by atoms with E-state index in [0.717, 1.165) is 16.7 Å². The molecule has 0 atom stereocenters. The molecule has 2 aromatic rings. The number of hydrogen-bond acceptors (Lipinski definition) is 2. The van der Waals surface area contributed by atoms with Crippen LogP contribution >= 0.6 is 0 Å². The first kappa shape index (κ1) is 10.1. The van der Waals surface area contributed by atoms with Gasteiger partial charge in [0.25, 0.3) is 0 Å². The zero-order valence-corrected chi connectivity index (χ0v) is 8.67. The van der Waals surface area contributed by atoms with Crippen LogP contribution in [0, 0.1) is 11.3 Å². The Morgan fingerprint density at radius 3 is 2.69 bits per heavy atom. The molecule has 1 aromatic heterocycles. The summed E-state index contributed by atoms with van der Waals surface area (Å²) in [6.45, 7) is 0. The van der Waals surface area contributed by atoms with Crippen LogP contribution in [0.1, 0.15) is 5.56 Å². The summed E-state index contributed by atoms with van der Waals surface area (Å²) in [6, 6.07) is 13.9. The van der Waals surface area contributed by atoms with E-state index in [4.69, 9.17) is 5.26 Å². The minimum Gasteiger partial charge on any atom is -0.264 e. The van der Waals surface area contributed by atoms with Crippen LogP contribution in [0.15, 0.2) is 54.9 Å². The van der Waals surface area contributed by atoms with E-state index in [-0.39, 0.29) is 0 Å². The van der Waals surface area contributed by atoms with Crippen LogP contribution < -0.4 is 0 Å². The van der Waals surface area contributed by atoms with E-state index in [9.17, 15) is 0 Å². The molecule has 2 nitrogen and oxygen atoms in total. The van der Waals surface area contributed by atoms with Crippen LogP contribution in [0.3, 0.4) is 0 Å². The van der Waals surface area contributed by atoms with Gasteiger partial charge in [-0.1, -0.05) is 30.3 Å². The van der Waals surface area contributed by atoms with Gasteiger partial charge in [-0.25, -0.2) is 0 Å². The van der Waals surface area contributed by atoms with Gasteiger partial charge in [-0.3, -0.25) is 4.98 Å². The summed E-state index contributed by atoms with van der Waals surface area (Å²) in [7, 11) is 0. The molecule has 0 fully saturated rings. The summed E-state index contributed by atoms with van der Waals surface area (Å²) in [5.74, 6) is 0. The maximum Gasteiger partial charge on any atom is 0.0912 e. The van der Waals surface area contributed by atoms with E-state index in [1.54, 1.807) is 12.3 Å². The van der Waals surface area contributed by atoms with Gasteiger partial charge in [0.15, 0.2) is 0 Å². The average Bonchev–Trinajstić information content (AvgIpc) is 2.38. The van der Waals surface area contributed by atoms with Crippen LogP contribution in [-0.2, 0) is 0 Å². The summed E-state index contributed by atoms with van der Waals surface area (Å²) in [6.07, 6.45) is 6.81. The monoisotopic (exact) mass is 206 g/mol. The zero-order chi connectivity index (χ0) is 11.2. The first-order chi connectivity index (χ1) is 7.92. The molecule has 0 aliphatic rings. The molecule has 0 aliphatic carbocycles. The molecule has 76 valence electrons. The van der Waals surface area contributed by atoms with Gasteiger partial charge >= 0.3 is 0 Å². The summed E-state index contributed by atoms with van der Waals surface area (Å²) < 4.78 is 0. The molecule has 0 saturated heterocycles. The van der Waals surface area contributed by atoms with E-state index in [1.807, 2.05) is 48.7 Å². The summed E-state index contributed by atoms with van der Waals surface area (Å²) >= 11 is 0. The Labute approximate surface area is 94.5 Å². The molecule has 0 aliphatic heterocycles. The Kier molecular flexibility index (Phi) is 3.10. The van der Waals surface area contributed by atoms with Crippen LogP contribution in [0.2, 0.25) is 0 Å². The van der Waals surface area contributed by atoms with Gasteiger partial charge in [0.1, 0.15) is 0 Å². The fourth-order valence-corrected chi connectivity index (χ4v) is 1.54. The van der Waals surface area contributed by atoms with E-state index < -0.39 is 0 Å². The highest BCUT2D eigenvalue weighted by Crippen LogP contribution is 2.23. The van der Waals surface area contributed by atoms with Gasteiger partial charge < -0.3 is 0 Å². The van der Waals surface area contributed by atoms with Crippen molar-refractivity contribution < 1.29 is 0 Å². The number of pyridine rings is 1. The van der Waals surface area contributed by atoms with Gasteiger partial charge in [0, 0.05) is 24.0 Å². The lowest BCUT2D eigenvalue weighted by atomic mass is 10.0. The normalized spacial score (nSPS) is 10.2. The van der Waals surface area contributed by atoms with Crippen molar-refractivity contribution in [3.05, 3.63) is 60.4 Å². The Morgan fingerprint density at radius 1 is 1.12 bits per heavy atom. The van der Waals surface area contributed by atoms with Crippen molar-refractivity contribution in [2.24, 2.45) is 0 Å². The molecule has 16 heavy (non-hydrogen) atoms. The highest BCUT2D eigenvalue weighted by atomic mass is 14.6. The summed E-state index contributed by atoms with van der Waals surface area (Å²) in [5, 5.41) is 8.54. The van der Waals surface area contributed by atoms with Crippen molar-refractivity contribution in [3.8, 4) is 17.2 Å². The van der Waals surface area contributed by atoms with Crippen molar-refractivity contribution in [3.63, 3.8) is 0 Å². The van der Waals surface area contributed by atoms with E-state index in [1.165, 1.54) is 6.08 Å². The lowest BCUT2D eigenvalue weighted by Gasteiger charge is -2.04. The molecular formula is C14H10N2. The molecule has 2 heteroatoms. The highest BCUT2D eigenvalue weighted by Gasteiger charge is 2.01. The Balaban J connectivity index is 2.50. The number of benzene rings is 1. The maximum atomic E-state index is 8.54. The first-order valence-electron chi connectivity index (χ1n) is 4.97. The third-order valence-electron chi connectivity index (χ3n) is 2.28. The fraction of sp³-hybridized carbons (Fsp3) is 0. The predicted octanol–water partition coefficient (Wildman–Crippen LogP) is 3.29. The Morgan fingerprint density at radius 2 is 1.94 bits per heavy atom. The summed E-state index contributed by atoms with van der Waals surface area (Å²) in [5.41, 5.74) is 3.14. The second-order valence-electron chi connectivity index (χ2n) is 3.29. The minimum absolute atomic E-state index is 1.00. The van der Waals surface area contributed by atoms with Gasteiger partial charge in [-0.05, 0) is 23.3 Å². The summed E-state index contributed by atoms with van der Waals surface area (Å²) in [4.78, 5) is 4.11. The van der Waals surface area contributed by atoms with Crippen molar-refractivity contribution in [2.75, 3.05) is 0 Å². The standard InChI is InChI=1S/C14H10N2/c15-9-4-7-13-8-10-16-11-14(13)12-5-2-1-3-6-12/h1-8,10-11H. The van der Waals surface area contributed by atoms with Crippen molar-refractivity contribution >= 4 is 6.08 Å². The molecular weight excluding hydrogens is 196 g/mol. The number of hydrogen-bond donors (Lipinski definition) is 0. The van der Waals surface area contributed by atoms with E-state index in [0.29, 0.717) is 0 Å². The topological polar surface area (TPSA) is 36.7 Å². The highest BCUT2D eigenvalue weighted by molar-refractivity contribution is 5.74. The van der Waals surface area contributed by atoms with Gasteiger partial charge in [-0.15, -0.1) is 0 Å². The SMILES string of the molecule is N#CC=Cc1ccncc1-c1ccccc1. The average molecular weight is 206 g/mol. The molecule has 2 rings (SSSR count). The smallest absolute Gasteiger partial charge is 0.0912 e. The van der Waals surface area contributed by atoms with Crippen LogP contribution in [0.25, 0.3) is 17.2 Å². The third kappa shape index (κ3) is 2.15. The van der Waals surface area contributed by atoms with Crippen molar-refractivity contribution in [1.82, 2.24) is 4.98 Å². The molecule has 1 aromatic carbocycles. The van der Waals surface area contributed by atoms with Gasteiger partial charge in [0.05, 0.1) is 6.07 Å². The molecule has 0 radical (unpaired) electrons. The molecule has 0 bridgehead atoms. The fourth-order valence-electron chi connectivity index (χ4n) is 1.54. The molecule has 0 unspecified atom stereocenters. The number of aromatic nitrogens is 1. The third-order valence-corrected chi connectivity index (χ3v) is 2.28. The van der Waals surface area contributed by atoms with Gasteiger partial charge in [0.2, 0.25) is 0 Å². The predicted molar refractivity (Wildman–Crippen MR) is 64.3 cm³/mol. The second kappa shape index (κ2) is 4.90. The zero-order valence-electron chi connectivity index (χ0n) is 8.67. The number of rotatable bonds is 2. The van der Waals surface area contributed by atoms with Crippen LogP contribution in [0.4, 0.5) is 0 Å².